The third-order valence-corrected chi connectivity index (χ3v) is 4.51. The highest BCUT2D eigenvalue weighted by molar-refractivity contribution is 7.89. The number of para-hydroxylation sites is 2. The van der Waals surface area contributed by atoms with Crippen LogP contribution in [-0.4, -0.2) is 38.0 Å². The second kappa shape index (κ2) is 5.36. The van der Waals surface area contributed by atoms with Crippen molar-refractivity contribution in [1.82, 2.24) is 4.72 Å². The Labute approximate surface area is 112 Å². The van der Waals surface area contributed by atoms with E-state index in [0.717, 1.165) is 0 Å². The predicted molar refractivity (Wildman–Crippen MR) is 72.3 cm³/mol. The summed E-state index contributed by atoms with van der Waals surface area (Å²) < 4.78 is 31.4. The lowest BCUT2D eigenvalue weighted by Gasteiger charge is -2.15. The largest absolute Gasteiger partial charge is 0.490 e. The molecule has 0 aliphatic heterocycles. The number of sulfonamides is 1. The van der Waals surface area contributed by atoms with Crippen LogP contribution in [0.3, 0.4) is 0 Å². The first-order valence-electron chi connectivity index (χ1n) is 6.06. The van der Waals surface area contributed by atoms with E-state index in [1.807, 2.05) is 0 Å². The van der Waals surface area contributed by atoms with Gasteiger partial charge in [0.05, 0.1) is 23.6 Å². The highest BCUT2D eigenvalue weighted by Gasteiger charge is 2.45. The molecule has 0 spiro atoms. The van der Waals surface area contributed by atoms with Gasteiger partial charge in [-0.15, -0.1) is 0 Å². The Hall–Kier alpha value is -1.31. The molecule has 7 heteroatoms. The smallest absolute Gasteiger partial charge is 0.215 e. The van der Waals surface area contributed by atoms with Gasteiger partial charge in [-0.05, 0) is 25.0 Å². The molecule has 4 N–H and O–H groups in total. The maximum Gasteiger partial charge on any atom is 0.215 e. The lowest BCUT2D eigenvalue weighted by atomic mass is 10.3. The number of anilines is 1. The van der Waals surface area contributed by atoms with Crippen LogP contribution >= 0.6 is 0 Å². The standard InChI is InChI=1S/C12H18N2O4S/c13-10-3-1-2-4-11(10)18-7-8-19(16,17)14-12(9-15)5-6-12/h1-4,14-15H,5-9,13H2. The molecule has 2 rings (SSSR count). The highest BCUT2D eigenvalue weighted by atomic mass is 32.2. The van der Waals surface area contributed by atoms with Crippen molar-refractivity contribution in [3.05, 3.63) is 24.3 Å². The number of aliphatic hydroxyl groups is 1. The fourth-order valence-corrected chi connectivity index (χ4v) is 3.03. The Morgan fingerprint density at radius 3 is 2.63 bits per heavy atom. The van der Waals surface area contributed by atoms with Crippen LogP contribution in [0.5, 0.6) is 5.75 Å². The normalized spacial score (nSPS) is 17.1. The first-order chi connectivity index (χ1) is 8.96. The lowest BCUT2D eigenvalue weighted by Crippen LogP contribution is -2.41. The quantitative estimate of drug-likeness (QED) is 0.617. The van der Waals surface area contributed by atoms with E-state index >= 15 is 0 Å². The maximum absolute atomic E-state index is 11.8. The van der Waals surface area contributed by atoms with E-state index in [9.17, 15) is 8.42 Å². The van der Waals surface area contributed by atoms with Crippen LogP contribution in [0.2, 0.25) is 0 Å². The second-order valence-electron chi connectivity index (χ2n) is 4.75. The second-order valence-corrected chi connectivity index (χ2v) is 6.59. The zero-order valence-corrected chi connectivity index (χ0v) is 11.3. The summed E-state index contributed by atoms with van der Waals surface area (Å²) in [6.07, 6.45) is 1.35. The molecule has 0 atom stereocenters. The van der Waals surface area contributed by atoms with Crippen molar-refractivity contribution < 1.29 is 18.3 Å². The molecule has 19 heavy (non-hydrogen) atoms. The number of aliphatic hydroxyl groups excluding tert-OH is 1. The molecule has 1 fully saturated rings. The number of hydrogen-bond donors (Lipinski definition) is 3. The van der Waals surface area contributed by atoms with Crippen molar-refractivity contribution in [2.75, 3.05) is 24.7 Å². The van der Waals surface area contributed by atoms with Crippen molar-refractivity contribution in [2.45, 2.75) is 18.4 Å². The molecule has 1 aromatic carbocycles. The van der Waals surface area contributed by atoms with Crippen LogP contribution in [0.15, 0.2) is 24.3 Å². The highest BCUT2D eigenvalue weighted by Crippen LogP contribution is 2.35. The first kappa shape index (κ1) is 14.1. The van der Waals surface area contributed by atoms with Crippen molar-refractivity contribution in [3.63, 3.8) is 0 Å². The SMILES string of the molecule is Nc1ccccc1OCCS(=O)(=O)NC1(CO)CC1. The van der Waals surface area contributed by atoms with Crippen molar-refractivity contribution in [2.24, 2.45) is 0 Å². The number of rotatable bonds is 7. The molecule has 0 aromatic heterocycles. The van der Waals surface area contributed by atoms with Gasteiger partial charge < -0.3 is 15.6 Å². The molecule has 106 valence electrons. The summed E-state index contributed by atoms with van der Waals surface area (Å²) in [5.41, 5.74) is 5.52. The van der Waals surface area contributed by atoms with Gasteiger partial charge in [0, 0.05) is 0 Å². The molecule has 1 aliphatic rings. The molecule has 6 nitrogen and oxygen atoms in total. The average Bonchev–Trinajstić information content (AvgIpc) is 3.11. The van der Waals surface area contributed by atoms with Gasteiger partial charge >= 0.3 is 0 Å². The molecule has 1 aliphatic carbocycles. The van der Waals surface area contributed by atoms with E-state index in [1.165, 1.54) is 0 Å². The molecule has 0 radical (unpaired) electrons. The number of benzene rings is 1. The van der Waals surface area contributed by atoms with E-state index < -0.39 is 15.6 Å². The molecular formula is C12H18N2O4S. The van der Waals surface area contributed by atoms with E-state index in [0.29, 0.717) is 24.3 Å². The van der Waals surface area contributed by atoms with Crippen LogP contribution in [0.4, 0.5) is 5.69 Å². The molecule has 0 unspecified atom stereocenters. The van der Waals surface area contributed by atoms with Crippen LogP contribution in [0.25, 0.3) is 0 Å². The average molecular weight is 286 g/mol. The minimum absolute atomic E-state index is 0.0189. The zero-order valence-electron chi connectivity index (χ0n) is 10.5. The van der Waals surface area contributed by atoms with Crippen LogP contribution in [0, 0.1) is 0 Å². The molecule has 0 saturated heterocycles. The Kier molecular flexibility index (Phi) is 3.98. The predicted octanol–water partition coefficient (Wildman–Crippen LogP) is 0.0919. The van der Waals surface area contributed by atoms with Crippen LogP contribution < -0.4 is 15.2 Å². The Morgan fingerprint density at radius 2 is 2.05 bits per heavy atom. The fraction of sp³-hybridized carbons (Fsp3) is 0.500. The molecule has 0 amide bonds. The number of hydrogen-bond acceptors (Lipinski definition) is 5. The Balaban J connectivity index is 1.84. The molecular weight excluding hydrogens is 268 g/mol. The van der Waals surface area contributed by atoms with Gasteiger partial charge in [0.25, 0.3) is 0 Å². The molecule has 0 bridgehead atoms. The van der Waals surface area contributed by atoms with Gasteiger partial charge in [-0.2, -0.15) is 0 Å². The molecule has 0 heterocycles. The molecule has 1 saturated carbocycles. The zero-order chi connectivity index (χ0) is 13.9. The van der Waals surface area contributed by atoms with Crippen molar-refractivity contribution in [3.8, 4) is 5.75 Å². The third kappa shape index (κ3) is 3.82. The van der Waals surface area contributed by atoms with E-state index in [4.69, 9.17) is 15.6 Å². The van der Waals surface area contributed by atoms with E-state index in [1.54, 1.807) is 24.3 Å². The fourth-order valence-electron chi connectivity index (χ4n) is 1.70. The number of nitrogens with two attached hydrogens (primary N) is 1. The Morgan fingerprint density at radius 1 is 1.37 bits per heavy atom. The monoisotopic (exact) mass is 286 g/mol. The van der Waals surface area contributed by atoms with Crippen molar-refractivity contribution >= 4 is 15.7 Å². The van der Waals surface area contributed by atoms with Gasteiger partial charge in [0.1, 0.15) is 12.4 Å². The minimum Gasteiger partial charge on any atom is -0.490 e. The summed E-state index contributed by atoms with van der Waals surface area (Å²) in [5, 5.41) is 9.08. The van der Waals surface area contributed by atoms with Crippen LogP contribution in [0.1, 0.15) is 12.8 Å². The van der Waals surface area contributed by atoms with Gasteiger partial charge in [0.15, 0.2) is 0 Å². The summed E-state index contributed by atoms with van der Waals surface area (Å²) in [7, 11) is -3.45. The van der Waals surface area contributed by atoms with Gasteiger partial charge in [-0.1, -0.05) is 12.1 Å². The van der Waals surface area contributed by atoms with Gasteiger partial charge in [0.2, 0.25) is 10.0 Å². The molecule has 1 aromatic rings. The van der Waals surface area contributed by atoms with Crippen molar-refractivity contribution in [1.29, 1.82) is 0 Å². The van der Waals surface area contributed by atoms with Crippen LogP contribution in [-0.2, 0) is 10.0 Å². The number of nitrogen functional groups attached to an aromatic ring is 1. The number of ether oxygens (including phenoxy) is 1. The topological polar surface area (TPSA) is 102 Å². The van der Waals surface area contributed by atoms with Gasteiger partial charge in [-0.25, -0.2) is 13.1 Å². The first-order valence-corrected chi connectivity index (χ1v) is 7.71. The Bertz CT molecular complexity index is 540. The number of nitrogens with one attached hydrogen (secondary N) is 1. The van der Waals surface area contributed by atoms with E-state index in [-0.39, 0.29) is 19.0 Å². The maximum atomic E-state index is 11.8. The lowest BCUT2D eigenvalue weighted by molar-refractivity contribution is 0.246. The van der Waals surface area contributed by atoms with Gasteiger partial charge in [-0.3, -0.25) is 0 Å². The summed E-state index contributed by atoms with van der Waals surface area (Å²) >= 11 is 0. The van der Waals surface area contributed by atoms with E-state index in [2.05, 4.69) is 4.72 Å². The third-order valence-electron chi connectivity index (χ3n) is 3.06. The minimum atomic E-state index is -3.45. The summed E-state index contributed by atoms with van der Waals surface area (Å²) in [4.78, 5) is 0. The summed E-state index contributed by atoms with van der Waals surface area (Å²) in [6.45, 7) is -0.149. The summed E-state index contributed by atoms with van der Waals surface area (Å²) in [6, 6.07) is 6.92. The summed E-state index contributed by atoms with van der Waals surface area (Å²) in [5.74, 6) is 0.310.